The Morgan fingerprint density at radius 2 is 2.14 bits per heavy atom. The van der Waals surface area contributed by atoms with E-state index in [0.29, 0.717) is 6.61 Å². The van der Waals surface area contributed by atoms with Crippen LogP contribution in [0.5, 0.6) is 0 Å². The Kier molecular flexibility index (Phi) is 4.83. The molecule has 2 rings (SSSR count). The van der Waals surface area contributed by atoms with Crippen LogP contribution in [0.3, 0.4) is 0 Å². The molecule has 3 N–H and O–H groups in total. The first-order chi connectivity index (χ1) is 9.98. The van der Waals surface area contributed by atoms with Gasteiger partial charge in [0, 0.05) is 23.9 Å². The summed E-state index contributed by atoms with van der Waals surface area (Å²) in [4.78, 5) is 12.2. The molecular weight excluding hydrogens is 271 g/mol. The van der Waals surface area contributed by atoms with Crippen molar-refractivity contribution in [3.63, 3.8) is 0 Å². The Balaban J connectivity index is 2.05. The number of nitrogens with two attached hydrogens (primary N) is 1. The minimum absolute atomic E-state index is 0.0515. The molecule has 5 heteroatoms. The summed E-state index contributed by atoms with van der Waals surface area (Å²) in [6.07, 6.45) is 3.40. The Morgan fingerprint density at radius 1 is 1.43 bits per heavy atom. The first kappa shape index (κ1) is 15.8. The van der Waals surface area contributed by atoms with Gasteiger partial charge in [0.2, 0.25) is 0 Å². The van der Waals surface area contributed by atoms with Crippen molar-refractivity contribution in [2.75, 3.05) is 12.3 Å². The van der Waals surface area contributed by atoms with Crippen LogP contribution in [0.2, 0.25) is 0 Å². The third-order valence-electron chi connectivity index (χ3n) is 4.30. The fourth-order valence-electron chi connectivity index (χ4n) is 2.91. The summed E-state index contributed by atoms with van der Waals surface area (Å²) in [6, 6.07) is 3.95. The normalized spacial score (nSPS) is 21.0. The predicted octanol–water partition coefficient (Wildman–Crippen LogP) is 2.88. The van der Waals surface area contributed by atoms with Gasteiger partial charge in [0.15, 0.2) is 0 Å². The van der Waals surface area contributed by atoms with Crippen LogP contribution >= 0.6 is 0 Å². The molecule has 1 fully saturated rings. The van der Waals surface area contributed by atoms with E-state index in [1.165, 1.54) is 18.2 Å². The topological polar surface area (TPSA) is 64.4 Å². The van der Waals surface area contributed by atoms with Crippen molar-refractivity contribution in [1.29, 1.82) is 0 Å². The molecule has 0 aromatic heterocycles. The van der Waals surface area contributed by atoms with Crippen LogP contribution < -0.4 is 11.1 Å². The first-order valence-electron chi connectivity index (χ1n) is 7.49. The number of carbonyl (C=O) groups is 1. The van der Waals surface area contributed by atoms with E-state index >= 15 is 0 Å². The second kappa shape index (κ2) is 6.43. The molecule has 1 aromatic rings. The van der Waals surface area contributed by atoms with E-state index in [4.69, 9.17) is 10.5 Å². The number of amides is 1. The van der Waals surface area contributed by atoms with Gasteiger partial charge in [0.05, 0.1) is 5.60 Å². The molecule has 1 aromatic carbocycles. The average molecular weight is 294 g/mol. The highest BCUT2D eigenvalue weighted by Gasteiger charge is 2.35. The molecule has 0 radical (unpaired) electrons. The van der Waals surface area contributed by atoms with Crippen LogP contribution in [0.15, 0.2) is 18.2 Å². The van der Waals surface area contributed by atoms with Gasteiger partial charge in [0.1, 0.15) is 5.82 Å². The Bertz CT molecular complexity index is 495. The van der Waals surface area contributed by atoms with Crippen LogP contribution in [0.4, 0.5) is 10.1 Å². The maximum atomic E-state index is 13.3. The first-order valence-corrected chi connectivity index (χ1v) is 7.49. The fraction of sp³-hybridized carbons (Fsp3) is 0.562. The van der Waals surface area contributed by atoms with Gasteiger partial charge in [-0.05, 0) is 43.9 Å². The number of nitrogens with one attached hydrogen (secondary N) is 1. The highest BCUT2D eigenvalue weighted by Crippen LogP contribution is 2.31. The average Bonchev–Trinajstić information content (AvgIpc) is 2.46. The third-order valence-corrected chi connectivity index (χ3v) is 4.30. The summed E-state index contributed by atoms with van der Waals surface area (Å²) in [5.41, 5.74) is 5.94. The number of anilines is 1. The maximum absolute atomic E-state index is 13.3. The van der Waals surface area contributed by atoms with E-state index in [1.54, 1.807) is 0 Å². The fourth-order valence-corrected chi connectivity index (χ4v) is 2.91. The standard InChI is InChI=1S/C16H23FN2O2/c1-3-16(4-2)10-14(5-6-21-16)19-15(20)11-7-12(17)9-13(18)8-11/h7-9,14H,3-6,10,18H2,1-2H3,(H,19,20). The van der Waals surface area contributed by atoms with Gasteiger partial charge < -0.3 is 15.8 Å². The molecular formula is C16H23FN2O2. The van der Waals surface area contributed by atoms with Gasteiger partial charge in [-0.1, -0.05) is 13.8 Å². The van der Waals surface area contributed by atoms with Crippen LogP contribution in [0.1, 0.15) is 49.9 Å². The van der Waals surface area contributed by atoms with Gasteiger partial charge in [0.25, 0.3) is 5.91 Å². The van der Waals surface area contributed by atoms with Gasteiger partial charge in [-0.15, -0.1) is 0 Å². The molecule has 0 saturated carbocycles. The van der Waals surface area contributed by atoms with E-state index in [9.17, 15) is 9.18 Å². The maximum Gasteiger partial charge on any atom is 0.251 e. The van der Waals surface area contributed by atoms with E-state index in [0.717, 1.165) is 25.7 Å². The van der Waals surface area contributed by atoms with E-state index in [2.05, 4.69) is 19.2 Å². The van der Waals surface area contributed by atoms with Crippen LogP contribution in [-0.2, 0) is 4.74 Å². The van der Waals surface area contributed by atoms with Crippen LogP contribution in [0.25, 0.3) is 0 Å². The summed E-state index contributed by atoms with van der Waals surface area (Å²) in [7, 11) is 0. The molecule has 1 amide bonds. The van der Waals surface area contributed by atoms with Crippen LogP contribution in [0, 0.1) is 5.82 Å². The molecule has 1 unspecified atom stereocenters. The summed E-state index contributed by atoms with van der Waals surface area (Å²) >= 11 is 0. The molecule has 0 aliphatic carbocycles. The van der Waals surface area contributed by atoms with E-state index in [1.807, 2.05) is 0 Å². The lowest BCUT2D eigenvalue weighted by atomic mass is 9.86. The summed E-state index contributed by atoms with van der Waals surface area (Å²) in [5, 5.41) is 2.97. The minimum atomic E-state index is -0.497. The summed E-state index contributed by atoms with van der Waals surface area (Å²) in [5.74, 6) is -0.780. The monoisotopic (exact) mass is 294 g/mol. The number of ether oxygens (including phenoxy) is 1. The molecule has 1 saturated heterocycles. The van der Waals surface area contributed by atoms with Crippen molar-refractivity contribution in [3.8, 4) is 0 Å². The largest absolute Gasteiger partial charge is 0.399 e. The molecule has 116 valence electrons. The van der Waals surface area contributed by atoms with Crippen molar-refractivity contribution in [2.45, 2.75) is 51.2 Å². The summed E-state index contributed by atoms with van der Waals surface area (Å²) < 4.78 is 19.2. The lowest BCUT2D eigenvalue weighted by Gasteiger charge is -2.40. The summed E-state index contributed by atoms with van der Waals surface area (Å²) in [6.45, 7) is 4.83. The quantitative estimate of drug-likeness (QED) is 0.839. The van der Waals surface area contributed by atoms with Crippen molar-refractivity contribution in [1.82, 2.24) is 5.32 Å². The molecule has 1 atom stereocenters. The van der Waals surface area contributed by atoms with Crippen molar-refractivity contribution >= 4 is 11.6 Å². The van der Waals surface area contributed by atoms with Gasteiger partial charge in [-0.3, -0.25) is 4.79 Å². The second-order valence-corrected chi connectivity index (χ2v) is 5.68. The lowest BCUT2D eigenvalue weighted by Crippen LogP contribution is -2.48. The highest BCUT2D eigenvalue weighted by molar-refractivity contribution is 5.95. The molecule has 1 heterocycles. The van der Waals surface area contributed by atoms with Crippen molar-refractivity contribution in [2.24, 2.45) is 0 Å². The molecule has 0 spiro atoms. The van der Waals surface area contributed by atoms with Gasteiger partial charge >= 0.3 is 0 Å². The number of nitrogen functional groups attached to an aromatic ring is 1. The zero-order chi connectivity index (χ0) is 15.5. The Hall–Kier alpha value is -1.62. The number of rotatable bonds is 4. The predicted molar refractivity (Wildman–Crippen MR) is 80.6 cm³/mol. The van der Waals surface area contributed by atoms with E-state index < -0.39 is 5.82 Å². The van der Waals surface area contributed by atoms with Gasteiger partial charge in [-0.2, -0.15) is 0 Å². The number of hydrogen-bond donors (Lipinski definition) is 2. The van der Waals surface area contributed by atoms with E-state index in [-0.39, 0.29) is 28.8 Å². The SMILES string of the molecule is CCC1(CC)CC(NC(=O)c2cc(N)cc(F)c2)CCO1. The zero-order valence-corrected chi connectivity index (χ0v) is 12.6. The zero-order valence-electron chi connectivity index (χ0n) is 12.6. The minimum Gasteiger partial charge on any atom is -0.399 e. The lowest BCUT2D eigenvalue weighted by molar-refractivity contribution is -0.0917. The molecule has 1 aliphatic heterocycles. The number of hydrogen-bond acceptors (Lipinski definition) is 3. The Morgan fingerprint density at radius 3 is 2.76 bits per heavy atom. The van der Waals surface area contributed by atoms with Crippen molar-refractivity contribution in [3.05, 3.63) is 29.6 Å². The molecule has 1 aliphatic rings. The molecule has 0 bridgehead atoms. The number of carbonyl (C=O) groups excluding carboxylic acids is 1. The smallest absolute Gasteiger partial charge is 0.251 e. The molecule has 4 nitrogen and oxygen atoms in total. The molecule has 21 heavy (non-hydrogen) atoms. The third kappa shape index (κ3) is 3.73. The van der Waals surface area contributed by atoms with Crippen LogP contribution in [-0.4, -0.2) is 24.2 Å². The second-order valence-electron chi connectivity index (χ2n) is 5.68. The number of benzene rings is 1. The number of halogens is 1. The highest BCUT2D eigenvalue weighted by atomic mass is 19.1. The van der Waals surface area contributed by atoms with Crippen molar-refractivity contribution < 1.29 is 13.9 Å². The Labute approximate surface area is 124 Å². The van der Waals surface area contributed by atoms with Gasteiger partial charge in [-0.25, -0.2) is 4.39 Å².